The molecule has 0 spiro atoms. The van der Waals surface area contributed by atoms with E-state index in [1.807, 2.05) is 19.9 Å². The number of hydrogen-bond acceptors (Lipinski definition) is 7. The molecular weight excluding hydrogens is 529 g/mol. The number of rotatable bonds is 6. The third-order valence-corrected chi connectivity index (χ3v) is 7.40. The van der Waals surface area contributed by atoms with Gasteiger partial charge in [-0.2, -0.15) is 15.3 Å². The van der Waals surface area contributed by atoms with E-state index in [9.17, 15) is 18.8 Å². The Bertz CT molecular complexity index is 1690. The molecule has 210 valence electrons. The molecule has 0 saturated carbocycles. The molecular formula is C29H28FN7O4. The summed E-state index contributed by atoms with van der Waals surface area (Å²) in [6.45, 7) is 3.44. The largest absolute Gasteiger partial charge is 0.487 e. The molecule has 4 aromatic rings. The monoisotopic (exact) mass is 557 g/mol. The lowest BCUT2D eigenvalue weighted by molar-refractivity contribution is -0.137. The zero-order chi connectivity index (χ0) is 28.9. The number of nitrogens with zero attached hydrogens (tertiary/aromatic N) is 5. The number of ether oxygens (including phenoxy) is 1. The summed E-state index contributed by atoms with van der Waals surface area (Å²) in [6.07, 6.45) is 2.41. The Hall–Kier alpha value is -4.87. The Balaban J connectivity index is 1.22. The highest BCUT2D eigenvalue weighted by Crippen LogP contribution is 2.37. The number of alkyl halides is 1. The zero-order valence-corrected chi connectivity index (χ0v) is 22.5. The summed E-state index contributed by atoms with van der Waals surface area (Å²) in [5.74, 6) is -1.06. The predicted octanol–water partition coefficient (Wildman–Crippen LogP) is 2.88. The number of carbonyl (C=O) groups is 3. The predicted molar refractivity (Wildman–Crippen MR) is 148 cm³/mol. The zero-order valence-electron chi connectivity index (χ0n) is 22.5. The van der Waals surface area contributed by atoms with E-state index >= 15 is 0 Å². The minimum Gasteiger partial charge on any atom is -0.487 e. The Morgan fingerprint density at radius 1 is 1.12 bits per heavy atom. The Labute approximate surface area is 234 Å². The first-order valence-corrected chi connectivity index (χ1v) is 13.2. The Morgan fingerprint density at radius 2 is 1.95 bits per heavy atom. The van der Waals surface area contributed by atoms with Gasteiger partial charge in [0.05, 0.1) is 24.5 Å². The van der Waals surface area contributed by atoms with Gasteiger partial charge in [0.25, 0.3) is 5.91 Å². The molecule has 0 unspecified atom stereocenters. The highest BCUT2D eigenvalue weighted by Gasteiger charge is 2.40. The lowest BCUT2D eigenvalue weighted by Gasteiger charge is -2.24. The van der Waals surface area contributed by atoms with Gasteiger partial charge in [-0.25, -0.2) is 4.39 Å². The fourth-order valence-electron chi connectivity index (χ4n) is 5.54. The summed E-state index contributed by atoms with van der Waals surface area (Å²) in [5, 5.41) is 15.2. The number of amides is 3. The van der Waals surface area contributed by atoms with Gasteiger partial charge in [-0.3, -0.25) is 19.1 Å². The van der Waals surface area contributed by atoms with Crippen molar-refractivity contribution in [2.24, 2.45) is 5.73 Å². The normalized spacial score (nSPS) is 19.1. The van der Waals surface area contributed by atoms with Crippen LogP contribution >= 0.6 is 0 Å². The topological polar surface area (TPSA) is 145 Å². The second kappa shape index (κ2) is 9.95. The summed E-state index contributed by atoms with van der Waals surface area (Å²) >= 11 is 0. The Morgan fingerprint density at radius 3 is 2.71 bits per heavy atom. The van der Waals surface area contributed by atoms with Crippen LogP contribution in [0, 0.1) is 0 Å². The minimum atomic E-state index is -1.36. The lowest BCUT2D eigenvalue weighted by atomic mass is 10.0. The lowest BCUT2D eigenvalue weighted by Crippen LogP contribution is -2.44. The number of hydrogen-bond donors (Lipinski definition) is 2. The van der Waals surface area contributed by atoms with Crippen molar-refractivity contribution < 1.29 is 23.5 Å². The standard InChI is InChI=1S/C29H28FN7O4/c1-29(2)12-17-3-5-20(11-24(17)41-29)34-28(40)23-10-19(30)14-36(23)25(38)15-37-22-6-4-16(18-7-8-32-33-13-18)9-21(22)26(35-37)27(31)39/h3-9,11,13,19,23H,10,12,14-15H2,1-2H3,(H2,31,39)(H,34,40)/t19-,23+/m1/s1. The van der Waals surface area contributed by atoms with Crippen LogP contribution in [0.5, 0.6) is 5.75 Å². The SMILES string of the molecule is CC1(C)Cc2ccc(NC(=O)[C@@H]3C[C@@H](F)CN3C(=O)Cn3nc(C(N)=O)c4cc(-c5ccnnc5)ccc43)cc2O1. The molecule has 41 heavy (non-hydrogen) atoms. The van der Waals surface area contributed by atoms with Crippen molar-refractivity contribution in [1.82, 2.24) is 24.9 Å². The van der Waals surface area contributed by atoms with Crippen molar-refractivity contribution in [2.75, 3.05) is 11.9 Å². The van der Waals surface area contributed by atoms with Gasteiger partial charge in [0, 0.05) is 35.5 Å². The van der Waals surface area contributed by atoms with Crippen LogP contribution in [0.15, 0.2) is 54.9 Å². The summed E-state index contributed by atoms with van der Waals surface area (Å²) in [5.41, 5.74) is 8.84. The summed E-state index contributed by atoms with van der Waals surface area (Å²) < 4.78 is 21.9. The first-order chi connectivity index (χ1) is 19.6. The van der Waals surface area contributed by atoms with Crippen molar-refractivity contribution in [3.63, 3.8) is 0 Å². The fourth-order valence-corrected chi connectivity index (χ4v) is 5.54. The highest BCUT2D eigenvalue weighted by molar-refractivity contribution is 6.05. The van der Waals surface area contributed by atoms with E-state index < -0.39 is 29.9 Å². The average Bonchev–Trinajstić information content (AvgIpc) is 3.60. The number of fused-ring (bicyclic) bond motifs is 2. The second-order valence-corrected chi connectivity index (χ2v) is 11.0. The maximum absolute atomic E-state index is 14.6. The van der Waals surface area contributed by atoms with Crippen molar-refractivity contribution in [1.29, 1.82) is 0 Å². The summed E-state index contributed by atoms with van der Waals surface area (Å²) in [4.78, 5) is 40.1. The van der Waals surface area contributed by atoms with Crippen molar-refractivity contribution in [3.8, 4) is 16.9 Å². The van der Waals surface area contributed by atoms with E-state index in [4.69, 9.17) is 10.5 Å². The van der Waals surface area contributed by atoms with Gasteiger partial charge in [0.1, 0.15) is 30.1 Å². The van der Waals surface area contributed by atoms with E-state index in [0.717, 1.165) is 23.1 Å². The molecule has 1 saturated heterocycles. The summed E-state index contributed by atoms with van der Waals surface area (Å²) in [7, 11) is 0. The van der Waals surface area contributed by atoms with Gasteiger partial charge in [0.2, 0.25) is 11.8 Å². The molecule has 0 bridgehead atoms. The third-order valence-electron chi connectivity index (χ3n) is 7.40. The van der Waals surface area contributed by atoms with Gasteiger partial charge in [-0.15, -0.1) is 0 Å². The molecule has 12 heteroatoms. The molecule has 2 aliphatic heterocycles. The van der Waals surface area contributed by atoms with E-state index in [1.165, 1.54) is 9.58 Å². The molecule has 0 aliphatic carbocycles. The average molecular weight is 558 g/mol. The van der Waals surface area contributed by atoms with E-state index in [2.05, 4.69) is 20.6 Å². The minimum absolute atomic E-state index is 0.00208. The van der Waals surface area contributed by atoms with Crippen LogP contribution in [0.25, 0.3) is 22.0 Å². The fraction of sp³-hybridized carbons (Fsp3) is 0.310. The number of nitrogens with two attached hydrogens (primary N) is 1. The maximum Gasteiger partial charge on any atom is 0.269 e. The molecule has 2 aromatic carbocycles. The van der Waals surface area contributed by atoms with E-state index in [-0.39, 0.29) is 30.8 Å². The number of primary amides is 1. The van der Waals surface area contributed by atoms with Crippen LogP contribution in [0.1, 0.15) is 36.3 Å². The molecule has 3 amide bonds. The van der Waals surface area contributed by atoms with Crippen LogP contribution in [0.3, 0.4) is 0 Å². The van der Waals surface area contributed by atoms with Gasteiger partial charge in [0.15, 0.2) is 5.69 Å². The number of anilines is 1. The second-order valence-electron chi connectivity index (χ2n) is 11.0. The van der Waals surface area contributed by atoms with E-state index in [0.29, 0.717) is 22.3 Å². The number of aromatic nitrogens is 4. The third kappa shape index (κ3) is 5.08. The first kappa shape index (κ1) is 26.4. The molecule has 2 aliphatic rings. The number of carbonyl (C=O) groups excluding carboxylic acids is 3. The van der Waals surface area contributed by atoms with Crippen LogP contribution in [-0.4, -0.2) is 67.0 Å². The van der Waals surface area contributed by atoms with Crippen molar-refractivity contribution in [3.05, 3.63) is 66.1 Å². The van der Waals surface area contributed by atoms with Gasteiger partial charge >= 0.3 is 0 Å². The van der Waals surface area contributed by atoms with E-state index in [1.54, 1.807) is 48.8 Å². The van der Waals surface area contributed by atoms with Gasteiger partial charge in [-0.1, -0.05) is 12.1 Å². The molecule has 6 rings (SSSR count). The van der Waals surface area contributed by atoms with Crippen LogP contribution in [0.2, 0.25) is 0 Å². The molecule has 2 aromatic heterocycles. The van der Waals surface area contributed by atoms with Crippen LogP contribution in [0.4, 0.5) is 10.1 Å². The molecule has 4 heterocycles. The quantitative estimate of drug-likeness (QED) is 0.371. The highest BCUT2D eigenvalue weighted by atomic mass is 19.1. The molecule has 11 nitrogen and oxygen atoms in total. The van der Waals surface area contributed by atoms with Crippen molar-refractivity contribution >= 4 is 34.3 Å². The van der Waals surface area contributed by atoms with Crippen LogP contribution in [-0.2, 0) is 22.6 Å². The Kier molecular flexibility index (Phi) is 6.40. The number of nitrogens with one attached hydrogen (secondary N) is 1. The molecule has 1 fully saturated rings. The van der Waals surface area contributed by atoms with Gasteiger partial charge < -0.3 is 20.7 Å². The smallest absolute Gasteiger partial charge is 0.269 e. The van der Waals surface area contributed by atoms with Gasteiger partial charge in [-0.05, 0) is 49.2 Å². The first-order valence-electron chi connectivity index (χ1n) is 13.2. The number of likely N-dealkylation sites (tertiary alicyclic amines) is 1. The number of halogens is 1. The molecule has 2 atom stereocenters. The number of benzene rings is 2. The van der Waals surface area contributed by atoms with Crippen LogP contribution < -0.4 is 15.8 Å². The summed E-state index contributed by atoms with van der Waals surface area (Å²) in [6, 6.07) is 11.4. The van der Waals surface area contributed by atoms with Crippen molar-refractivity contribution in [2.45, 2.75) is 51.0 Å². The maximum atomic E-state index is 14.6. The molecule has 0 radical (unpaired) electrons. The molecule has 3 N–H and O–H groups in total.